The summed E-state index contributed by atoms with van der Waals surface area (Å²) < 4.78 is 4.95. The largest absolute Gasteiger partial charge is 0.481 e. The van der Waals surface area contributed by atoms with Gasteiger partial charge in [-0.05, 0) is 12.1 Å². The van der Waals surface area contributed by atoms with Gasteiger partial charge in [-0.2, -0.15) is 0 Å². The number of carbonyl (C=O) groups excluding carboxylic acids is 1. The zero-order chi connectivity index (χ0) is 15.1. The van der Waals surface area contributed by atoms with Crippen LogP contribution in [0.25, 0.3) is 0 Å². The molecule has 0 unspecified atom stereocenters. The third-order valence-corrected chi connectivity index (χ3v) is 2.57. The first kappa shape index (κ1) is 14.5. The van der Waals surface area contributed by atoms with E-state index < -0.39 is 0 Å². The van der Waals surface area contributed by atoms with Gasteiger partial charge in [-0.15, -0.1) is 0 Å². The first-order chi connectivity index (χ1) is 10.2. The van der Waals surface area contributed by atoms with Gasteiger partial charge in [-0.3, -0.25) is 9.78 Å². The van der Waals surface area contributed by atoms with Gasteiger partial charge in [0.2, 0.25) is 5.88 Å². The number of aliphatic hydroxyl groups excluding tert-OH is 1. The minimum atomic E-state index is -0.327. The van der Waals surface area contributed by atoms with Gasteiger partial charge in [0.05, 0.1) is 30.1 Å². The van der Waals surface area contributed by atoms with Crippen LogP contribution < -0.4 is 10.1 Å². The molecule has 0 aliphatic carbocycles. The van der Waals surface area contributed by atoms with Gasteiger partial charge in [0.1, 0.15) is 6.61 Å². The Hall–Kier alpha value is -2.91. The molecule has 0 saturated heterocycles. The molecule has 6 nitrogen and oxygen atoms in total. The molecule has 21 heavy (non-hydrogen) atoms. The summed E-state index contributed by atoms with van der Waals surface area (Å²) in [7, 11) is 1.52. The van der Waals surface area contributed by atoms with E-state index in [-0.39, 0.29) is 12.5 Å². The van der Waals surface area contributed by atoms with Crippen molar-refractivity contribution in [3.8, 4) is 17.7 Å². The molecule has 2 aromatic rings. The maximum absolute atomic E-state index is 12.2. The topological polar surface area (TPSA) is 84.3 Å². The zero-order valence-corrected chi connectivity index (χ0v) is 11.3. The van der Waals surface area contributed by atoms with E-state index in [0.717, 1.165) is 0 Å². The molecule has 1 amide bonds. The third kappa shape index (κ3) is 3.78. The zero-order valence-electron chi connectivity index (χ0n) is 11.3. The van der Waals surface area contributed by atoms with E-state index in [0.29, 0.717) is 22.7 Å². The minimum absolute atomic E-state index is 0.279. The highest BCUT2D eigenvalue weighted by Crippen LogP contribution is 2.13. The lowest BCUT2D eigenvalue weighted by Gasteiger charge is -2.07. The van der Waals surface area contributed by atoms with Crippen molar-refractivity contribution in [3.63, 3.8) is 0 Å². The molecule has 106 valence electrons. The van der Waals surface area contributed by atoms with Crippen LogP contribution in [0.15, 0.2) is 36.8 Å². The highest BCUT2D eigenvalue weighted by Gasteiger charge is 2.10. The molecule has 0 spiro atoms. The van der Waals surface area contributed by atoms with E-state index in [1.165, 1.54) is 25.7 Å². The Bertz CT molecular complexity index is 687. The Morgan fingerprint density at radius 2 is 2.24 bits per heavy atom. The number of hydrogen-bond acceptors (Lipinski definition) is 5. The normalized spacial score (nSPS) is 9.43. The monoisotopic (exact) mass is 283 g/mol. The molecule has 2 rings (SSSR count). The number of aliphatic hydroxyl groups is 1. The van der Waals surface area contributed by atoms with Gasteiger partial charge in [-0.25, -0.2) is 4.98 Å². The van der Waals surface area contributed by atoms with Crippen LogP contribution in [-0.4, -0.2) is 34.7 Å². The molecular formula is C15H13N3O3. The molecule has 0 saturated carbocycles. The fourth-order valence-corrected chi connectivity index (χ4v) is 1.60. The van der Waals surface area contributed by atoms with Crippen LogP contribution in [0, 0.1) is 11.8 Å². The standard InChI is InChI=1S/C15H13N3O3/c1-21-14-5-4-12(10-17-14)18-15(20)13-6-7-16-9-11(13)3-2-8-19/h4-7,9-10,19H,8H2,1H3,(H,18,20). The van der Waals surface area contributed by atoms with Gasteiger partial charge >= 0.3 is 0 Å². The second-order valence-corrected chi connectivity index (χ2v) is 3.92. The average molecular weight is 283 g/mol. The fraction of sp³-hybridized carbons (Fsp3) is 0.133. The Kier molecular flexibility index (Phi) is 4.85. The van der Waals surface area contributed by atoms with Crippen molar-refractivity contribution in [2.75, 3.05) is 19.0 Å². The van der Waals surface area contributed by atoms with E-state index in [2.05, 4.69) is 27.1 Å². The lowest BCUT2D eigenvalue weighted by atomic mass is 10.1. The molecule has 0 bridgehead atoms. The number of pyridine rings is 2. The first-order valence-corrected chi connectivity index (χ1v) is 6.09. The van der Waals surface area contributed by atoms with Crippen LogP contribution in [0.2, 0.25) is 0 Å². The number of nitrogens with one attached hydrogen (secondary N) is 1. The molecule has 2 aromatic heterocycles. The number of hydrogen-bond donors (Lipinski definition) is 2. The lowest BCUT2D eigenvalue weighted by molar-refractivity contribution is 0.102. The third-order valence-electron chi connectivity index (χ3n) is 2.57. The van der Waals surface area contributed by atoms with Gasteiger partial charge < -0.3 is 15.2 Å². The number of anilines is 1. The van der Waals surface area contributed by atoms with E-state index in [1.807, 2.05) is 0 Å². The first-order valence-electron chi connectivity index (χ1n) is 6.09. The summed E-state index contributed by atoms with van der Waals surface area (Å²) in [4.78, 5) is 20.1. The molecule has 0 fully saturated rings. The predicted molar refractivity (Wildman–Crippen MR) is 76.9 cm³/mol. The minimum Gasteiger partial charge on any atom is -0.481 e. The van der Waals surface area contributed by atoms with Crippen molar-refractivity contribution >= 4 is 11.6 Å². The summed E-state index contributed by atoms with van der Waals surface area (Å²) in [6, 6.07) is 4.90. The van der Waals surface area contributed by atoms with Crippen LogP contribution in [-0.2, 0) is 0 Å². The smallest absolute Gasteiger partial charge is 0.257 e. The Balaban J connectivity index is 2.19. The van der Waals surface area contributed by atoms with Gasteiger partial charge in [0.25, 0.3) is 5.91 Å². The fourth-order valence-electron chi connectivity index (χ4n) is 1.60. The van der Waals surface area contributed by atoms with E-state index in [9.17, 15) is 4.79 Å². The second-order valence-electron chi connectivity index (χ2n) is 3.92. The van der Waals surface area contributed by atoms with Crippen molar-refractivity contribution in [3.05, 3.63) is 47.9 Å². The van der Waals surface area contributed by atoms with Crippen molar-refractivity contribution < 1.29 is 14.6 Å². The van der Waals surface area contributed by atoms with E-state index in [4.69, 9.17) is 9.84 Å². The maximum atomic E-state index is 12.2. The maximum Gasteiger partial charge on any atom is 0.257 e. The Labute approximate surface area is 121 Å². The van der Waals surface area contributed by atoms with Crippen LogP contribution in [0.4, 0.5) is 5.69 Å². The molecule has 2 N–H and O–H groups in total. The molecule has 0 atom stereocenters. The molecule has 6 heteroatoms. The molecule has 0 aliphatic heterocycles. The molecule has 0 aromatic carbocycles. The number of nitrogens with zero attached hydrogens (tertiary/aromatic N) is 2. The van der Waals surface area contributed by atoms with Gasteiger partial charge in [0, 0.05) is 18.5 Å². The number of amides is 1. The highest BCUT2D eigenvalue weighted by atomic mass is 16.5. The molecule has 2 heterocycles. The Morgan fingerprint density at radius 3 is 2.90 bits per heavy atom. The average Bonchev–Trinajstić information content (AvgIpc) is 2.54. The highest BCUT2D eigenvalue weighted by molar-refractivity contribution is 6.05. The van der Waals surface area contributed by atoms with Gasteiger partial charge in [0.15, 0.2) is 0 Å². The molecule has 0 radical (unpaired) electrons. The number of aromatic nitrogens is 2. The summed E-state index contributed by atoms with van der Waals surface area (Å²) in [5.74, 6) is 5.32. The SMILES string of the molecule is COc1ccc(NC(=O)c2ccncc2C#CCO)cn1. The van der Waals surface area contributed by atoms with E-state index >= 15 is 0 Å². The summed E-state index contributed by atoms with van der Waals surface area (Å²) >= 11 is 0. The molecular weight excluding hydrogens is 270 g/mol. The van der Waals surface area contributed by atoms with Crippen molar-refractivity contribution in [1.29, 1.82) is 0 Å². The number of methoxy groups -OCH3 is 1. The summed E-state index contributed by atoms with van der Waals surface area (Å²) in [5.41, 5.74) is 1.37. The second kappa shape index (κ2) is 7.03. The van der Waals surface area contributed by atoms with Crippen molar-refractivity contribution in [2.45, 2.75) is 0 Å². The van der Waals surface area contributed by atoms with Crippen LogP contribution in [0.3, 0.4) is 0 Å². The van der Waals surface area contributed by atoms with Crippen molar-refractivity contribution in [1.82, 2.24) is 9.97 Å². The van der Waals surface area contributed by atoms with Crippen LogP contribution in [0.5, 0.6) is 5.88 Å². The Morgan fingerprint density at radius 1 is 1.38 bits per heavy atom. The number of rotatable bonds is 3. The number of carbonyl (C=O) groups is 1. The quantitative estimate of drug-likeness (QED) is 0.823. The lowest BCUT2D eigenvalue weighted by Crippen LogP contribution is -2.14. The van der Waals surface area contributed by atoms with Gasteiger partial charge in [-0.1, -0.05) is 11.8 Å². The van der Waals surface area contributed by atoms with Crippen LogP contribution in [0.1, 0.15) is 15.9 Å². The van der Waals surface area contributed by atoms with E-state index in [1.54, 1.807) is 18.2 Å². The predicted octanol–water partition coefficient (Wildman–Crippen LogP) is 1.08. The van der Waals surface area contributed by atoms with Crippen molar-refractivity contribution in [2.24, 2.45) is 0 Å². The van der Waals surface area contributed by atoms with Crippen LogP contribution >= 0.6 is 0 Å². The summed E-state index contributed by atoms with van der Waals surface area (Å²) in [6.45, 7) is -0.279. The summed E-state index contributed by atoms with van der Waals surface area (Å²) in [6.07, 6.45) is 4.48. The molecule has 0 aliphatic rings. The summed E-state index contributed by atoms with van der Waals surface area (Å²) in [5, 5.41) is 11.4. The number of ether oxygens (including phenoxy) is 1.